The molecule has 0 aliphatic carbocycles. The molecule has 0 saturated carbocycles. The van der Waals surface area contributed by atoms with Gasteiger partial charge in [-0.15, -0.1) is 0 Å². The fourth-order valence-corrected chi connectivity index (χ4v) is 2.47. The minimum absolute atomic E-state index is 0.0165. The van der Waals surface area contributed by atoms with Crippen molar-refractivity contribution >= 4 is 16.8 Å². The van der Waals surface area contributed by atoms with Gasteiger partial charge < -0.3 is 9.64 Å². The summed E-state index contributed by atoms with van der Waals surface area (Å²) in [4.78, 5) is 22.4. The van der Waals surface area contributed by atoms with Crippen molar-refractivity contribution in [2.45, 2.75) is 39.8 Å². The van der Waals surface area contributed by atoms with Crippen molar-refractivity contribution in [1.29, 1.82) is 0 Å². The van der Waals surface area contributed by atoms with E-state index in [4.69, 9.17) is 4.74 Å². The maximum atomic E-state index is 12.3. The minimum atomic E-state index is -0.0392. The van der Waals surface area contributed by atoms with E-state index in [1.807, 2.05) is 56.9 Å². The Morgan fingerprint density at radius 2 is 1.81 bits per heavy atom. The van der Waals surface area contributed by atoms with Crippen LogP contribution in [0.2, 0.25) is 0 Å². The Kier molecular flexibility index (Phi) is 4.73. The zero-order chi connectivity index (χ0) is 15.4. The average molecular weight is 287 g/mol. The van der Waals surface area contributed by atoms with Crippen LogP contribution in [-0.2, 0) is 4.79 Å². The van der Waals surface area contributed by atoms with E-state index in [-0.39, 0.29) is 24.6 Å². The predicted molar refractivity (Wildman–Crippen MR) is 82.2 cm³/mol. The third-order valence-corrected chi connectivity index (χ3v) is 3.24. The van der Waals surface area contributed by atoms with Crippen LogP contribution in [0, 0.1) is 0 Å². The standard InChI is InChI=1S/C16H21N3O2/c1-11(2)19(12(3)4)15(20)9-21-16-13-7-5-6-8-14(13)17-10-18-16/h5-8,10-12H,9H2,1-4H3. The predicted octanol–water partition coefficient (Wildman–Crippen LogP) is 2.65. The molecule has 5 heteroatoms. The summed E-state index contributed by atoms with van der Waals surface area (Å²) in [6.07, 6.45) is 1.45. The third-order valence-electron chi connectivity index (χ3n) is 3.24. The number of ether oxygens (including phenoxy) is 1. The minimum Gasteiger partial charge on any atom is -0.467 e. The molecule has 5 nitrogen and oxygen atoms in total. The van der Waals surface area contributed by atoms with Gasteiger partial charge in [-0.05, 0) is 39.8 Å². The van der Waals surface area contributed by atoms with E-state index in [1.165, 1.54) is 6.33 Å². The van der Waals surface area contributed by atoms with Crippen LogP contribution in [0.15, 0.2) is 30.6 Å². The van der Waals surface area contributed by atoms with Gasteiger partial charge in [0.05, 0.1) is 10.9 Å². The number of amides is 1. The van der Waals surface area contributed by atoms with Gasteiger partial charge in [0.1, 0.15) is 6.33 Å². The molecular formula is C16H21N3O2. The molecule has 0 atom stereocenters. The summed E-state index contributed by atoms with van der Waals surface area (Å²) in [5.74, 6) is 0.407. The first kappa shape index (κ1) is 15.2. The van der Waals surface area contributed by atoms with Crippen LogP contribution < -0.4 is 4.74 Å². The number of aromatic nitrogens is 2. The SMILES string of the molecule is CC(C)N(C(=O)COc1ncnc2ccccc12)C(C)C. The summed E-state index contributed by atoms with van der Waals surface area (Å²) < 4.78 is 5.62. The molecule has 21 heavy (non-hydrogen) atoms. The highest BCUT2D eigenvalue weighted by Crippen LogP contribution is 2.20. The first-order valence-corrected chi connectivity index (χ1v) is 7.14. The van der Waals surface area contributed by atoms with Crippen LogP contribution >= 0.6 is 0 Å². The van der Waals surface area contributed by atoms with Gasteiger partial charge in [-0.3, -0.25) is 4.79 Å². The largest absolute Gasteiger partial charge is 0.467 e. The van der Waals surface area contributed by atoms with Gasteiger partial charge in [-0.2, -0.15) is 0 Å². The lowest BCUT2D eigenvalue weighted by atomic mass is 10.2. The lowest BCUT2D eigenvalue weighted by molar-refractivity contribution is -0.137. The number of benzene rings is 1. The van der Waals surface area contributed by atoms with E-state index in [1.54, 1.807) is 0 Å². The lowest BCUT2D eigenvalue weighted by Crippen LogP contribution is -2.44. The number of carbonyl (C=O) groups is 1. The highest BCUT2D eigenvalue weighted by atomic mass is 16.5. The Labute approximate surface area is 125 Å². The van der Waals surface area contributed by atoms with E-state index >= 15 is 0 Å². The van der Waals surface area contributed by atoms with Crippen LogP contribution in [0.25, 0.3) is 10.9 Å². The first-order valence-electron chi connectivity index (χ1n) is 7.14. The molecule has 1 amide bonds. The second-order valence-electron chi connectivity index (χ2n) is 5.47. The smallest absolute Gasteiger partial charge is 0.261 e. The molecule has 0 aliphatic heterocycles. The Morgan fingerprint density at radius 3 is 2.48 bits per heavy atom. The van der Waals surface area contributed by atoms with E-state index in [0.29, 0.717) is 5.88 Å². The van der Waals surface area contributed by atoms with Gasteiger partial charge in [-0.25, -0.2) is 9.97 Å². The quantitative estimate of drug-likeness (QED) is 0.848. The van der Waals surface area contributed by atoms with Crippen molar-refractivity contribution in [3.63, 3.8) is 0 Å². The van der Waals surface area contributed by atoms with Crippen molar-refractivity contribution in [1.82, 2.24) is 14.9 Å². The third kappa shape index (κ3) is 3.48. The molecule has 1 heterocycles. The van der Waals surface area contributed by atoms with Gasteiger partial charge in [0, 0.05) is 12.1 Å². The molecule has 0 fully saturated rings. The van der Waals surface area contributed by atoms with E-state index in [2.05, 4.69) is 9.97 Å². The maximum Gasteiger partial charge on any atom is 0.261 e. The van der Waals surface area contributed by atoms with Crippen molar-refractivity contribution in [2.75, 3.05) is 6.61 Å². The highest BCUT2D eigenvalue weighted by molar-refractivity contribution is 5.84. The zero-order valence-corrected chi connectivity index (χ0v) is 12.9. The van der Waals surface area contributed by atoms with Gasteiger partial charge >= 0.3 is 0 Å². The van der Waals surface area contributed by atoms with Gasteiger partial charge in [0.15, 0.2) is 6.61 Å². The van der Waals surface area contributed by atoms with Crippen LogP contribution in [0.3, 0.4) is 0 Å². The molecular weight excluding hydrogens is 266 g/mol. The molecule has 0 bridgehead atoms. The molecule has 2 rings (SSSR count). The highest BCUT2D eigenvalue weighted by Gasteiger charge is 2.20. The van der Waals surface area contributed by atoms with Crippen LogP contribution in [0.1, 0.15) is 27.7 Å². The van der Waals surface area contributed by atoms with Crippen LogP contribution in [0.4, 0.5) is 0 Å². The van der Waals surface area contributed by atoms with Crippen molar-refractivity contribution in [3.8, 4) is 5.88 Å². The molecule has 0 radical (unpaired) electrons. The Hall–Kier alpha value is -2.17. The summed E-state index contributed by atoms with van der Waals surface area (Å²) in [6, 6.07) is 7.86. The Bertz CT molecular complexity index is 612. The Balaban J connectivity index is 2.13. The number of rotatable bonds is 5. The Morgan fingerprint density at radius 1 is 1.14 bits per heavy atom. The lowest BCUT2D eigenvalue weighted by Gasteiger charge is -2.30. The molecule has 2 aromatic rings. The van der Waals surface area contributed by atoms with E-state index in [9.17, 15) is 4.79 Å². The number of para-hydroxylation sites is 1. The van der Waals surface area contributed by atoms with E-state index in [0.717, 1.165) is 10.9 Å². The fourth-order valence-electron chi connectivity index (χ4n) is 2.47. The van der Waals surface area contributed by atoms with Gasteiger partial charge in [0.25, 0.3) is 5.91 Å². The van der Waals surface area contributed by atoms with Gasteiger partial charge in [-0.1, -0.05) is 12.1 Å². The van der Waals surface area contributed by atoms with Crippen molar-refractivity contribution in [2.24, 2.45) is 0 Å². The maximum absolute atomic E-state index is 12.3. The molecule has 1 aromatic carbocycles. The second kappa shape index (κ2) is 6.52. The average Bonchev–Trinajstić information content (AvgIpc) is 2.44. The first-order chi connectivity index (χ1) is 10.0. The van der Waals surface area contributed by atoms with Gasteiger partial charge in [0.2, 0.25) is 5.88 Å². The number of hydrogen-bond donors (Lipinski definition) is 0. The topological polar surface area (TPSA) is 55.3 Å². The van der Waals surface area contributed by atoms with E-state index < -0.39 is 0 Å². The zero-order valence-electron chi connectivity index (χ0n) is 12.9. The molecule has 0 unspecified atom stereocenters. The summed E-state index contributed by atoms with van der Waals surface area (Å²) in [7, 11) is 0. The molecule has 1 aromatic heterocycles. The monoisotopic (exact) mass is 287 g/mol. The van der Waals surface area contributed by atoms with Crippen molar-refractivity contribution in [3.05, 3.63) is 30.6 Å². The molecule has 0 N–H and O–H groups in total. The summed E-state index contributed by atoms with van der Waals surface area (Å²) in [6.45, 7) is 7.98. The normalized spacial score (nSPS) is 11.1. The molecule has 0 spiro atoms. The molecule has 0 saturated heterocycles. The number of fused-ring (bicyclic) bond motifs is 1. The summed E-state index contributed by atoms with van der Waals surface area (Å²) in [5.41, 5.74) is 0.805. The van der Waals surface area contributed by atoms with Crippen LogP contribution in [0.5, 0.6) is 5.88 Å². The molecule has 112 valence electrons. The number of hydrogen-bond acceptors (Lipinski definition) is 4. The number of nitrogens with zero attached hydrogens (tertiary/aromatic N) is 3. The second-order valence-corrected chi connectivity index (χ2v) is 5.47. The molecule has 0 aliphatic rings. The fraction of sp³-hybridized carbons (Fsp3) is 0.438. The summed E-state index contributed by atoms with van der Waals surface area (Å²) in [5, 5.41) is 0.813. The number of carbonyl (C=O) groups excluding carboxylic acids is 1. The summed E-state index contributed by atoms with van der Waals surface area (Å²) >= 11 is 0. The van der Waals surface area contributed by atoms with Crippen molar-refractivity contribution < 1.29 is 9.53 Å². The van der Waals surface area contributed by atoms with Crippen LogP contribution in [-0.4, -0.2) is 39.5 Å².